The van der Waals surface area contributed by atoms with Crippen molar-refractivity contribution in [1.82, 2.24) is 9.78 Å². The minimum atomic E-state index is -0.0375. The summed E-state index contributed by atoms with van der Waals surface area (Å²) in [5, 5.41) is 7.37. The highest BCUT2D eigenvalue weighted by Crippen LogP contribution is 2.41. The lowest BCUT2D eigenvalue weighted by molar-refractivity contribution is -0.116. The van der Waals surface area contributed by atoms with Gasteiger partial charge in [0.25, 0.3) is 0 Å². The van der Waals surface area contributed by atoms with Gasteiger partial charge in [0.05, 0.1) is 18.9 Å². The molecule has 1 aromatic carbocycles. The van der Waals surface area contributed by atoms with Crippen LogP contribution in [0.2, 0.25) is 0 Å². The lowest BCUT2D eigenvalue weighted by atomic mass is 9.85. The van der Waals surface area contributed by atoms with Gasteiger partial charge in [0.2, 0.25) is 5.91 Å². The zero-order valence-electron chi connectivity index (χ0n) is 14.7. The number of nitrogens with zero attached hydrogens (tertiary/aromatic N) is 2. The summed E-state index contributed by atoms with van der Waals surface area (Å²) >= 11 is 0. The van der Waals surface area contributed by atoms with Gasteiger partial charge >= 0.3 is 0 Å². The summed E-state index contributed by atoms with van der Waals surface area (Å²) in [6, 6.07) is 5.86. The average molecular weight is 329 g/mol. The van der Waals surface area contributed by atoms with Gasteiger partial charge in [-0.3, -0.25) is 9.48 Å². The van der Waals surface area contributed by atoms with Crippen LogP contribution in [-0.2, 0) is 11.8 Å². The molecule has 128 valence electrons. The molecule has 1 N–H and O–H groups in total. The Morgan fingerprint density at radius 1 is 1.33 bits per heavy atom. The van der Waals surface area contributed by atoms with Gasteiger partial charge in [-0.1, -0.05) is 6.07 Å². The Balaban J connectivity index is 2.05. The van der Waals surface area contributed by atoms with Crippen molar-refractivity contribution < 1.29 is 14.3 Å². The van der Waals surface area contributed by atoms with E-state index in [-0.39, 0.29) is 17.9 Å². The highest BCUT2D eigenvalue weighted by atomic mass is 16.5. The Bertz CT molecular complexity index is 780. The third kappa shape index (κ3) is 2.84. The monoisotopic (exact) mass is 329 g/mol. The summed E-state index contributed by atoms with van der Waals surface area (Å²) in [5.41, 5.74) is 3.02. The number of anilines is 1. The molecule has 1 aromatic heterocycles. The Morgan fingerprint density at radius 3 is 2.75 bits per heavy atom. The van der Waals surface area contributed by atoms with Crippen LogP contribution in [0.4, 0.5) is 5.82 Å². The lowest BCUT2D eigenvalue weighted by Crippen LogP contribution is -2.24. The van der Waals surface area contributed by atoms with Gasteiger partial charge in [0.1, 0.15) is 5.82 Å². The number of carbonyl (C=O) groups excluding carboxylic acids is 1. The van der Waals surface area contributed by atoms with E-state index in [0.29, 0.717) is 17.9 Å². The molecule has 1 aliphatic heterocycles. The van der Waals surface area contributed by atoms with Crippen LogP contribution in [0.1, 0.15) is 43.0 Å². The third-order valence-electron chi connectivity index (χ3n) is 4.22. The molecule has 2 heterocycles. The number of hydrogen-bond donors (Lipinski definition) is 1. The van der Waals surface area contributed by atoms with Crippen LogP contribution >= 0.6 is 0 Å². The van der Waals surface area contributed by atoms with E-state index in [1.165, 1.54) is 0 Å². The predicted octanol–water partition coefficient (Wildman–Crippen LogP) is 3.00. The average Bonchev–Trinajstić information content (AvgIpc) is 2.81. The van der Waals surface area contributed by atoms with Crippen molar-refractivity contribution in [3.05, 3.63) is 35.0 Å². The number of amides is 1. The molecular weight excluding hydrogens is 306 g/mol. The molecule has 0 bridgehead atoms. The number of aryl methyl sites for hydroxylation is 2. The Hall–Kier alpha value is -2.50. The van der Waals surface area contributed by atoms with Gasteiger partial charge in [-0.15, -0.1) is 0 Å². The van der Waals surface area contributed by atoms with E-state index in [2.05, 4.69) is 10.4 Å². The number of benzene rings is 1. The van der Waals surface area contributed by atoms with Crippen molar-refractivity contribution in [3.63, 3.8) is 0 Å². The second-order valence-electron chi connectivity index (χ2n) is 6.35. The Morgan fingerprint density at radius 2 is 2.08 bits per heavy atom. The molecule has 1 aliphatic rings. The van der Waals surface area contributed by atoms with Crippen molar-refractivity contribution >= 4 is 11.7 Å². The molecule has 6 nitrogen and oxygen atoms in total. The van der Waals surface area contributed by atoms with Crippen molar-refractivity contribution in [2.75, 3.05) is 12.4 Å². The number of aromatic nitrogens is 2. The number of carbonyl (C=O) groups is 1. The molecule has 0 saturated carbocycles. The fraction of sp³-hybridized carbons (Fsp3) is 0.444. The molecule has 1 amide bonds. The van der Waals surface area contributed by atoms with E-state index in [0.717, 1.165) is 22.6 Å². The molecule has 1 atom stereocenters. The molecule has 2 aromatic rings. The Labute approximate surface area is 141 Å². The molecule has 0 radical (unpaired) electrons. The first-order valence-electron chi connectivity index (χ1n) is 8.08. The van der Waals surface area contributed by atoms with Gasteiger partial charge < -0.3 is 14.8 Å². The third-order valence-corrected chi connectivity index (χ3v) is 4.22. The molecular formula is C18H23N3O3. The van der Waals surface area contributed by atoms with E-state index in [4.69, 9.17) is 9.47 Å². The quantitative estimate of drug-likeness (QED) is 0.936. The summed E-state index contributed by atoms with van der Waals surface area (Å²) in [4.78, 5) is 12.1. The highest BCUT2D eigenvalue weighted by molar-refractivity contribution is 5.94. The van der Waals surface area contributed by atoms with Crippen LogP contribution in [0.5, 0.6) is 11.5 Å². The number of nitrogens with one attached hydrogen (secondary N) is 1. The topological polar surface area (TPSA) is 65.4 Å². The maximum Gasteiger partial charge on any atom is 0.226 e. The molecule has 6 heteroatoms. The zero-order valence-corrected chi connectivity index (χ0v) is 14.7. The van der Waals surface area contributed by atoms with E-state index < -0.39 is 0 Å². The molecule has 0 spiro atoms. The van der Waals surface area contributed by atoms with Crippen LogP contribution in [0, 0.1) is 6.92 Å². The van der Waals surface area contributed by atoms with Gasteiger partial charge in [-0.25, -0.2) is 0 Å². The van der Waals surface area contributed by atoms with Gasteiger partial charge in [0.15, 0.2) is 11.5 Å². The van der Waals surface area contributed by atoms with Crippen molar-refractivity contribution in [3.8, 4) is 11.5 Å². The largest absolute Gasteiger partial charge is 0.493 e. The first kappa shape index (κ1) is 16.4. The molecule has 0 fully saturated rings. The summed E-state index contributed by atoms with van der Waals surface area (Å²) in [5.74, 6) is 2.12. The number of ether oxygens (including phenoxy) is 2. The van der Waals surface area contributed by atoms with Crippen molar-refractivity contribution in [2.45, 2.75) is 39.2 Å². The van der Waals surface area contributed by atoms with Gasteiger partial charge in [-0.2, -0.15) is 5.10 Å². The van der Waals surface area contributed by atoms with E-state index in [9.17, 15) is 4.79 Å². The normalized spacial score (nSPS) is 16.8. The van der Waals surface area contributed by atoms with Crippen LogP contribution in [0.3, 0.4) is 0 Å². The minimum Gasteiger partial charge on any atom is -0.493 e. The molecule has 0 saturated heterocycles. The van der Waals surface area contributed by atoms with E-state index >= 15 is 0 Å². The second-order valence-corrected chi connectivity index (χ2v) is 6.35. The number of rotatable bonds is 4. The summed E-state index contributed by atoms with van der Waals surface area (Å²) in [6.07, 6.45) is 0.463. The highest BCUT2D eigenvalue weighted by Gasteiger charge is 2.32. The molecule has 24 heavy (non-hydrogen) atoms. The number of methoxy groups -OCH3 is 1. The maximum absolute atomic E-state index is 12.1. The summed E-state index contributed by atoms with van der Waals surface area (Å²) < 4.78 is 13.0. The first-order valence-corrected chi connectivity index (χ1v) is 8.08. The van der Waals surface area contributed by atoms with Crippen LogP contribution < -0.4 is 14.8 Å². The number of fused-ring (bicyclic) bond motifs is 1. The fourth-order valence-corrected chi connectivity index (χ4v) is 3.25. The van der Waals surface area contributed by atoms with Crippen molar-refractivity contribution in [2.24, 2.45) is 7.05 Å². The molecule has 3 rings (SSSR count). The van der Waals surface area contributed by atoms with E-state index in [1.807, 2.05) is 46.0 Å². The lowest BCUT2D eigenvalue weighted by Gasteiger charge is -2.25. The van der Waals surface area contributed by atoms with Crippen LogP contribution in [0.15, 0.2) is 18.2 Å². The standard InChI is InChI=1S/C18H23N3O3/c1-10(2)24-14-7-6-12(8-15(14)23-5)13-9-16(22)19-18-17(13)11(3)20-21(18)4/h6-8,10,13H,9H2,1-5H3,(H,19,22)/t13-/m1/s1. The van der Waals surface area contributed by atoms with Gasteiger partial charge in [-0.05, 0) is 38.5 Å². The smallest absolute Gasteiger partial charge is 0.226 e. The van der Waals surface area contributed by atoms with E-state index in [1.54, 1.807) is 11.8 Å². The Kier molecular flexibility index (Phi) is 4.22. The maximum atomic E-state index is 12.1. The fourth-order valence-electron chi connectivity index (χ4n) is 3.25. The molecule has 0 aliphatic carbocycles. The zero-order chi connectivity index (χ0) is 17.4. The SMILES string of the molecule is COc1cc([C@H]2CC(=O)Nc3c2c(C)nn3C)ccc1OC(C)C. The predicted molar refractivity (Wildman–Crippen MR) is 91.8 cm³/mol. The van der Waals surface area contributed by atoms with Crippen LogP contribution in [0.25, 0.3) is 0 Å². The second kappa shape index (κ2) is 6.19. The van der Waals surface area contributed by atoms with Gasteiger partial charge in [0, 0.05) is 24.9 Å². The molecule has 0 unspecified atom stereocenters. The summed E-state index contributed by atoms with van der Waals surface area (Å²) in [7, 11) is 3.47. The minimum absolute atomic E-state index is 0.00280. The number of hydrogen-bond acceptors (Lipinski definition) is 4. The first-order chi connectivity index (χ1) is 11.4. The van der Waals surface area contributed by atoms with Crippen LogP contribution in [-0.4, -0.2) is 28.9 Å². The summed E-state index contributed by atoms with van der Waals surface area (Å²) in [6.45, 7) is 5.92. The van der Waals surface area contributed by atoms with Crippen molar-refractivity contribution in [1.29, 1.82) is 0 Å².